The molecule has 2 N–H and O–H groups in total. The van der Waals surface area contributed by atoms with Crippen LogP contribution in [0, 0.1) is 11.6 Å². The molecule has 4 rings (SSSR count). The summed E-state index contributed by atoms with van der Waals surface area (Å²) in [5.74, 6) is -0.0403. The predicted molar refractivity (Wildman–Crippen MR) is 118 cm³/mol. The Balaban J connectivity index is 1.48. The van der Waals surface area contributed by atoms with Crippen LogP contribution in [-0.4, -0.2) is 50.8 Å². The number of urea groups is 1. The lowest BCUT2D eigenvalue weighted by molar-refractivity contribution is 0.156. The Hall–Kier alpha value is -2.87. The van der Waals surface area contributed by atoms with Crippen LogP contribution in [0.3, 0.4) is 0 Å². The molecule has 2 aromatic rings. The van der Waals surface area contributed by atoms with Crippen molar-refractivity contribution < 1.29 is 23.0 Å². The summed E-state index contributed by atoms with van der Waals surface area (Å²) in [6.07, 6.45) is 3.54. The second-order valence-corrected chi connectivity index (χ2v) is 8.70. The van der Waals surface area contributed by atoms with Crippen molar-refractivity contribution in [1.82, 2.24) is 10.2 Å². The van der Waals surface area contributed by atoms with E-state index in [1.165, 1.54) is 5.56 Å². The van der Waals surface area contributed by atoms with Crippen molar-refractivity contribution in [3.63, 3.8) is 0 Å². The number of hydrogen-bond donors (Lipinski definition) is 2. The molecule has 0 aromatic heterocycles. The number of methoxy groups -OCH3 is 2. The zero-order valence-electron chi connectivity index (χ0n) is 18.6. The van der Waals surface area contributed by atoms with Crippen LogP contribution in [0.2, 0.25) is 0 Å². The van der Waals surface area contributed by atoms with Gasteiger partial charge in [0.15, 0.2) is 11.5 Å². The van der Waals surface area contributed by atoms with Gasteiger partial charge >= 0.3 is 6.03 Å². The average Bonchev–Trinajstić information content (AvgIpc) is 3.09. The number of hydrogen-bond acceptors (Lipinski definition) is 4. The Morgan fingerprint density at radius 2 is 1.78 bits per heavy atom. The largest absolute Gasteiger partial charge is 0.493 e. The van der Waals surface area contributed by atoms with Gasteiger partial charge in [-0.3, -0.25) is 0 Å². The molecule has 2 aromatic carbocycles. The highest BCUT2D eigenvalue weighted by atomic mass is 19.1. The Labute approximate surface area is 186 Å². The van der Waals surface area contributed by atoms with E-state index in [-0.39, 0.29) is 23.2 Å². The molecule has 0 bridgehead atoms. The van der Waals surface area contributed by atoms with Gasteiger partial charge < -0.3 is 25.0 Å². The van der Waals surface area contributed by atoms with Gasteiger partial charge in [-0.25, -0.2) is 13.6 Å². The number of ether oxygens (including phenoxy) is 2. The van der Waals surface area contributed by atoms with Crippen molar-refractivity contribution in [2.75, 3.05) is 33.1 Å². The maximum absolute atomic E-state index is 13.4. The summed E-state index contributed by atoms with van der Waals surface area (Å²) in [4.78, 5) is 14.8. The number of carbonyl (C=O) groups excluding carboxylic acids is 1. The number of halogens is 2. The van der Waals surface area contributed by atoms with E-state index >= 15 is 0 Å². The molecule has 0 spiro atoms. The quantitative estimate of drug-likeness (QED) is 0.721. The second kappa shape index (κ2) is 8.94. The van der Waals surface area contributed by atoms with E-state index in [4.69, 9.17) is 9.47 Å². The lowest BCUT2D eigenvalue weighted by Gasteiger charge is -2.45. The maximum atomic E-state index is 13.4. The van der Waals surface area contributed by atoms with Crippen molar-refractivity contribution in [2.45, 2.75) is 43.2 Å². The van der Waals surface area contributed by atoms with Gasteiger partial charge in [-0.2, -0.15) is 0 Å². The van der Waals surface area contributed by atoms with Crippen LogP contribution in [0.5, 0.6) is 11.5 Å². The Bertz CT molecular complexity index is 982. The highest BCUT2D eigenvalue weighted by Crippen LogP contribution is 2.49. The molecule has 0 radical (unpaired) electrons. The average molecular weight is 446 g/mol. The first-order chi connectivity index (χ1) is 15.3. The molecule has 1 aliphatic carbocycles. The smallest absolute Gasteiger partial charge is 0.319 e. The number of nitrogens with one attached hydrogen (secondary N) is 2. The monoisotopic (exact) mass is 445 g/mol. The second-order valence-electron chi connectivity index (χ2n) is 8.70. The van der Waals surface area contributed by atoms with Gasteiger partial charge in [-0.1, -0.05) is 6.07 Å². The van der Waals surface area contributed by atoms with Crippen LogP contribution in [0.1, 0.15) is 31.2 Å². The fourth-order valence-corrected chi connectivity index (χ4v) is 5.37. The number of likely N-dealkylation sites (N-methyl/N-ethyl adjacent to an activating group) is 1. The number of benzene rings is 2. The van der Waals surface area contributed by atoms with E-state index in [0.717, 1.165) is 56.2 Å². The predicted octanol–water partition coefficient (Wildman–Crippen LogP) is 4.30. The molecule has 2 aliphatic rings. The summed E-state index contributed by atoms with van der Waals surface area (Å²) in [5.41, 5.74) is 1.30. The van der Waals surface area contributed by atoms with Crippen molar-refractivity contribution in [3.05, 3.63) is 53.6 Å². The number of likely N-dealkylation sites (tertiary alicyclic amines) is 1. The molecule has 0 unspecified atom stereocenters. The minimum atomic E-state index is -0.731. The Morgan fingerprint density at radius 1 is 1.06 bits per heavy atom. The fraction of sp³-hybridized carbons (Fsp3) is 0.458. The van der Waals surface area contributed by atoms with Gasteiger partial charge in [-0.05, 0) is 69.1 Å². The van der Waals surface area contributed by atoms with Crippen LogP contribution in [0.15, 0.2) is 36.4 Å². The van der Waals surface area contributed by atoms with Gasteiger partial charge in [0.05, 0.1) is 14.2 Å². The summed E-state index contributed by atoms with van der Waals surface area (Å²) in [7, 11) is 5.38. The third-order valence-corrected chi connectivity index (χ3v) is 6.94. The Morgan fingerprint density at radius 3 is 2.47 bits per heavy atom. The third-order valence-electron chi connectivity index (χ3n) is 6.94. The number of carbonyl (C=O) groups is 1. The first kappa shape index (κ1) is 22.3. The van der Waals surface area contributed by atoms with E-state index in [9.17, 15) is 13.6 Å². The first-order valence-electron chi connectivity index (χ1n) is 10.8. The van der Waals surface area contributed by atoms with Gasteiger partial charge in [-0.15, -0.1) is 0 Å². The number of nitrogens with zero attached hydrogens (tertiary/aromatic N) is 1. The third kappa shape index (κ3) is 4.24. The molecule has 6 nitrogen and oxygen atoms in total. The lowest BCUT2D eigenvalue weighted by atomic mass is 9.65. The maximum Gasteiger partial charge on any atom is 0.319 e. The summed E-state index contributed by atoms with van der Waals surface area (Å²) in [6.45, 7) is 0.973. The van der Waals surface area contributed by atoms with Crippen LogP contribution < -0.4 is 20.1 Å². The van der Waals surface area contributed by atoms with E-state index in [2.05, 4.69) is 34.7 Å². The minimum Gasteiger partial charge on any atom is -0.493 e. The number of amides is 2. The van der Waals surface area contributed by atoms with Crippen molar-refractivity contribution in [1.29, 1.82) is 0 Å². The van der Waals surface area contributed by atoms with Gasteiger partial charge in [0.25, 0.3) is 0 Å². The molecule has 1 aliphatic heterocycles. The normalized spacial score (nSPS) is 25.2. The topological polar surface area (TPSA) is 62.8 Å². The molecular weight excluding hydrogens is 416 g/mol. The molecule has 8 heteroatoms. The Kier molecular flexibility index (Phi) is 6.24. The molecule has 1 saturated carbocycles. The van der Waals surface area contributed by atoms with Gasteiger partial charge in [0.1, 0.15) is 11.6 Å². The lowest BCUT2D eigenvalue weighted by Crippen LogP contribution is -2.52. The van der Waals surface area contributed by atoms with E-state index in [1.54, 1.807) is 14.2 Å². The fourth-order valence-electron chi connectivity index (χ4n) is 5.37. The van der Waals surface area contributed by atoms with Gasteiger partial charge in [0, 0.05) is 29.3 Å². The van der Waals surface area contributed by atoms with E-state index < -0.39 is 17.7 Å². The van der Waals surface area contributed by atoms with E-state index in [0.29, 0.717) is 5.75 Å². The molecule has 1 heterocycles. The standard InChI is InChI=1S/C24H29F2N3O3/c1-29-9-8-24(15-4-5-20(31-2)21(10-15)32-3)7-6-18(14-22(24)29)27-23(30)28-19-12-16(25)11-17(26)13-19/h4-5,10-13,18,22H,6-9,14H2,1-3H3,(H2,27,28,30)/t18-,22-,24-/m0/s1. The molecule has 2 fully saturated rings. The molecular formula is C24H29F2N3O3. The highest BCUT2D eigenvalue weighted by Gasteiger charge is 2.50. The summed E-state index contributed by atoms with van der Waals surface area (Å²) >= 11 is 0. The number of anilines is 1. The molecule has 2 amide bonds. The van der Waals surface area contributed by atoms with Crippen molar-refractivity contribution in [3.8, 4) is 11.5 Å². The van der Waals surface area contributed by atoms with Crippen LogP contribution >= 0.6 is 0 Å². The van der Waals surface area contributed by atoms with Crippen LogP contribution in [0.25, 0.3) is 0 Å². The van der Waals surface area contributed by atoms with Crippen molar-refractivity contribution in [2.24, 2.45) is 0 Å². The van der Waals surface area contributed by atoms with Crippen LogP contribution in [-0.2, 0) is 5.41 Å². The zero-order chi connectivity index (χ0) is 22.9. The SMILES string of the molecule is COc1ccc([C@@]23CC[C@H](NC(=O)Nc4cc(F)cc(F)c4)C[C@@H]2N(C)CC3)cc1OC. The summed E-state index contributed by atoms with van der Waals surface area (Å²) in [6, 6.07) is 8.86. The van der Waals surface area contributed by atoms with Gasteiger partial charge in [0.2, 0.25) is 0 Å². The van der Waals surface area contributed by atoms with Crippen molar-refractivity contribution >= 4 is 11.7 Å². The summed E-state index contributed by atoms with van der Waals surface area (Å²) < 4.78 is 37.7. The first-order valence-corrected chi connectivity index (χ1v) is 10.8. The van der Waals surface area contributed by atoms with Crippen LogP contribution in [0.4, 0.5) is 19.3 Å². The number of rotatable bonds is 5. The number of fused-ring (bicyclic) bond motifs is 1. The van der Waals surface area contributed by atoms with E-state index in [1.807, 2.05) is 6.07 Å². The molecule has 32 heavy (non-hydrogen) atoms. The molecule has 3 atom stereocenters. The molecule has 172 valence electrons. The molecule has 1 saturated heterocycles. The summed E-state index contributed by atoms with van der Waals surface area (Å²) in [5, 5.41) is 5.52. The zero-order valence-corrected chi connectivity index (χ0v) is 18.6. The minimum absolute atomic E-state index is 0.0192. The highest BCUT2D eigenvalue weighted by molar-refractivity contribution is 5.89.